The molecule has 0 saturated heterocycles. The Bertz CT molecular complexity index is 937. The Morgan fingerprint density at radius 2 is 1.68 bits per heavy atom. The van der Waals surface area contributed by atoms with Gasteiger partial charge in [-0.1, -0.05) is 6.07 Å². The summed E-state index contributed by atoms with van der Waals surface area (Å²) in [5.74, 6) is 1.06. The average Bonchev–Trinajstić information content (AvgIpc) is 2.69. The zero-order valence-corrected chi connectivity index (χ0v) is 16.3. The summed E-state index contributed by atoms with van der Waals surface area (Å²) in [5, 5.41) is 5.02. The summed E-state index contributed by atoms with van der Waals surface area (Å²) in [7, 11) is -0.668. The molecule has 2 rings (SSSR count). The lowest BCUT2D eigenvalue weighted by Gasteiger charge is -2.08. The first-order valence-corrected chi connectivity index (χ1v) is 9.70. The Labute approximate surface area is 163 Å². The summed E-state index contributed by atoms with van der Waals surface area (Å²) >= 11 is 0. The lowest BCUT2D eigenvalue weighted by molar-refractivity contribution is -0.138. The number of hydrogen-bond donors (Lipinski definition) is 1. The molecule has 8 nitrogen and oxygen atoms in total. The third kappa shape index (κ3) is 6.29. The first-order chi connectivity index (χ1) is 13.3. The van der Waals surface area contributed by atoms with Crippen LogP contribution in [0.2, 0.25) is 0 Å². The van der Waals surface area contributed by atoms with Crippen LogP contribution >= 0.6 is 0 Å². The van der Waals surface area contributed by atoms with E-state index in [1.807, 2.05) is 0 Å². The monoisotopic (exact) mass is 407 g/mol. The number of ether oxygens (including phenoxy) is 4. The van der Waals surface area contributed by atoms with Gasteiger partial charge < -0.3 is 18.9 Å². The third-order valence-electron chi connectivity index (χ3n) is 3.57. The minimum atomic E-state index is -3.74. The summed E-state index contributed by atoms with van der Waals surface area (Å²) in [6, 6.07) is 10.9. The molecule has 28 heavy (non-hydrogen) atoms. The van der Waals surface area contributed by atoms with Gasteiger partial charge in [-0.3, -0.25) is 0 Å². The number of carbonyl (C=O) groups is 1. The van der Waals surface area contributed by atoms with Gasteiger partial charge >= 0.3 is 5.97 Å². The highest BCUT2D eigenvalue weighted by Gasteiger charge is 2.07. The smallest absolute Gasteiger partial charge is 0.330 e. The predicted octanol–water partition coefficient (Wildman–Crippen LogP) is 1.99. The van der Waals surface area contributed by atoms with Crippen molar-refractivity contribution in [3.63, 3.8) is 0 Å². The first-order valence-electron chi connectivity index (χ1n) is 8.16. The van der Waals surface area contributed by atoms with E-state index in [9.17, 15) is 13.2 Å². The molecule has 2 aromatic carbocycles. The third-order valence-corrected chi connectivity index (χ3v) is 4.50. The number of rotatable bonds is 9. The topological polar surface area (TPSA) is 114 Å². The Morgan fingerprint density at radius 1 is 1.00 bits per heavy atom. The summed E-state index contributed by atoms with van der Waals surface area (Å²) in [6.45, 7) is 0.150. The van der Waals surface area contributed by atoms with Crippen molar-refractivity contribution in [1.29, 1.82) is 0 Å². The van der Waals surface area contributed by atoms with Crippen LogP contribution < -0.4 is 19.3 Å². The zero-order chi connectivity index (χ0) is 20.6. The minimum absolute atomic E-state index is 0.00780. The molecule has 0 aromatic heterocycles. The molecule has 0 unspecified atom stereocenters. The second-order valence-electron chi connectivity index (χ2n) is 5.48. The number of nitrogens with two attached hydrogens (primary N) is 1. The van der Waals surface area contributed by atoms with E-state index < -0.39 is 16.0 Å². The van der Waals surface area contributed by atoms with E-state index in [1.165, 1.54) is 37.5 Å². The van der Waals surface area contributed by atoms with Gasteiger partial charge in [0.05, 0.1) is 19.1 Å². The minimum Gasteiger partial charge on any atom is -0.493 e. The summed E-state index contributed by atoms with van der Waals surface area (Å²) in [5.41, 5.74) is 0.751. The standard InChI is InChI=1S/C19H21NO7S/c1-24-17-9-3-14(13-18(17)25-2)4-10-19(21)27-12-11-26-15-5-7-16(8-6-15)28(20,22)23/h3-10,13H,11-12H2,1-2H3,(H2,20,22,23)/b10-4+. The molecule has 2 N–H and O–H groups in total. The zero-order valence-electron chi connectivity index (χ0n) is 15.5. The van der Waals surface area contributed by atoms with E-state index in [0.717, 1.165) is 5.56 Å². The maximum atomic E-state index is 11.8. The molecule has 2 aromatic rings. The van der Waals surface area contributed by atoms with Gasteiger partial charge in [-0.05, 0) is 48.0 Å². The maximum absolute atomic E-state index is 11.8. The van der Waals surface area contributed by atoms with Gasteiger partial charge in [-0.15, -0.1) is 0 Å². The van der Waals surface area contributed by atoms with Crippen LogP contribution in [0, 0.1) is 0 Å². The van der Waals surface area contributed by atoms with Gasteiger partial charge in [-0.25, -0.2) is 18.4 Å². The fraction of sp³-hybridized carbons (Fsp3) is 0.211. The number of hydrogen-bond acceptors (Lipinski definition) is 7. The fourth-order valence-electron chi connectivity index (χ4n) is 2.20. The summed E-state index contributed by atoms with van der Waals surface area (Å²) in [4.78, 5) is 11.8. The van der Waals surface area contributed by atoms with Crippen molar-refractivity contribution in [2.75, 3.05) is 27.4 Å². The average molecular weight is 407 g/mol. The van der Waals surface area contributed by atoms with E-state index in [-0.39, 0.29) is 18.1 Å². The van der Waals surface area contributed by atoms with E-state index in [2.05, 4.69) is 0 Å². The van der Waals surface area contributed by atoms with Gasteiger partial charge in [0.1, 0.15) is 19.0 Å². The van der Waals surface area contributed by atoms with E-state index in [1.54, 1.807) is 31.4 Å². The second kappa shape index (κ2) is 9.77. The molecule has 0 aliphatic heterocycles. The molecule has 150 valence electrons. The lowest BCUT2D eigenvalue weighted by Crippen LogP contribution is -2.12. The molecule has 0 spiro atoms. The highest BCUT2D eigenvalue weighted by Crippen LogP contribution is 2.27. The van der Waals surface area contributed by atoms with Crippen molar-refractivity contribution in [2.24, 2.45) is 5.14 Å². The molecule has 0 bridgehead atoms. The van der Waals surface area contributed by atoms with E-state index in [4.69, 9.17) is 24.1 Å². The van der Waals surface area contributed by atoms with Crippen LogP contribution in [-0.2, 0) is 19.6 Å². The Morgan fingerprint density at radius 3 is 2.29 bits per heavy atom. The maximum Gasteiger partial charge on any atom is 0.330 e. The van der Waals surface area contributed by atoms with Crippen LogP contribution in [0.4, 0.5) is 0 Å². The molecule has 0 aliphatic rings. The highest BCUT2D eigenvalue weighted by molar-refractivity contribution is 7.89. The molecule has 0 amide bonds. The van der Waals surface area contributed by atoms with Crippen molar-refractivity contribution < 1.29 is 32.2 Å². The summed E-state index contributed by atoms with van der Waals surface area (Å²) < 4.78 is 43.1. The van der Waals surface area contributed by atoms with E-state index in [0.29, 0.717) is 17.2 Å². The van der Waals surface area contributed by atoms with Gasteiger partial charge in [0, 0.05) is 6.08 Å². The number of esters is 1. The number of carbonyl (C=O) groups excluding carboxylic acids is 1. The predicted molar refractivity (Wildman–Crippen MR) is 103 cm³/mol. The molecule has 0 radical (unpaired) electrons. The molecule has 0 aliphatic carbocycles. The molecule has 0 atom stereocenters. The van der Waals surface area contributed by atoms with Crippen LogP contribution in [0.3, 0.4) is 0 Å². The van der Waals surface area contributed by atoms with E-state index >= 15 is 0 Å². The van der Waals surface area contributed by atoms with Gasteiger partial charge in [0.15, 0.2) is 11.5 Å². The second-order valence-corrected chi connectivity index (χ2v) is 7.04. The number of benzene rings is 2. The quantitative estimate of drug-likeness (QED) is 0.384. The van der Waals surface area contributed by atoms with Gasteiger partial charge in [0.25, 0.3) is 0 Å². The Balaban J connectivity index is 1.79. The number of methoxy groups -OCH3 is 2. The largest absolute Gasteiger partial charge is 0.493 e. The van der Waals surface area contributed by atoms with Crippen molar-refractivity contribution >= 4 is 22.1 Å². The van der Waals surface area contributed by atoms with Gasteiger partial charge in [-0.2, -0.15) is 0 Å². The molecule has 0 fully saturated rings. The van der Waals surface area contributed by atoms with Crippen LogP contribution in [0.15, 0.2) is 53.4 Å². The van der Waals surface area contributed by atoms with Crippen LogP contribution in [0.5, 0.6) is 17.2 Å². The molecule has 9 heteroatoms. The van der Waals surface area contributed by atoms with Crippen molar-refractivity contribution in [2.45, 2.75) is 4.90 Å². The van der Waals surface area contributed by atoms with Crippen molar-refractivity contribution in [3.8, 4) is 17.2 Å². The summed E-state index contributed by atoms with van der Waals surface area (Å²) in [6.07, 6.45) is 2.89. The number of primary sulfonamides is 1. The molecule has 0 heterocycles. The van der Waals surface area contributed by atoms with Gasteiger partial charge in [0.2, 0.25) is 10.0 Å². The Hall–Kier alpha value is -3.04. The van der Waals surface area contributed by atoms with Crippen LogP contribution in [0.1, 0.15) is 5.56 Å². The van der Waals surface area contributed by atoms with Crippen LogP contribution in [0.25, 0.3) is 6.08 Å². The van der Waals surface area contributed by atoms with Crippen LogP contribution in [-0.4, -0.2) is 41.8 Å². The highest BCUT2D eigenvalue weighted by atomic mass is 32.2. The van der Waals surface area contributed by atoms with Crippen molar-refractivity contribution in [1.82, 2.24) is 0 Å². The number of sulfonamides is 1. The normalized spacial score (nSPS) is 11.2. The molecular weight excluding hydrogens is 386 g/mol. The molecule has 0 saturated carbocycles. The first kappa shape index (κ1) is 21.3. The Kier molecular flexibility index (Phi) is 7.42. The SMILES string of the molecule is COc1ccc(/C=C/C(=O)OCCOc2ccc(S(N)(=O)=O)cc2)cc1OC. The van der Waals surface area contributed by atoms with Crippen molar-refractivity contribution in [3.05, 3.63) is 54.1 Å². The fourth-order valence-corrected chi connectivity index (χ4v) is 2.71. The lowest BCUT2D eigenvalue weighted by atomic mass is 10.2. The molecular formula is C19H21NO7S.